The zero-order valence-electron chi connectivity index (χ0n) is 17.3. The molecule has 6 nitrogen and oxygen atoms in total. The highest BCUT2D eigenvalue weighted by Gasteiger charge is 2.37. The van der Waals surface area contributed by atoms with Gasteiger partial charge in [0.1, 0.15) is 12.6 Å². The summed E-state index contributed by atoms with van der Waals surface area (Å²) in [7, 11) is -0.597. The van der Waals surface area contributed by atoms with Crippen LogP contribution in [0.4, 0.5) is 0 Å². The first-order chi connectivity index (χ1) is 12.6. The predicted octanol–water partition coefficient (Wildman–Crippen LogP) is 3.27. The van der Waals surface area contributed by atoms with Crippen LogP contribution in [0, 0.1) is 0 Å². The summed E-state index contributed by atoms with van der Waals surface area (Å²) in [6.45, 7) is 11.4. The molecule has 152 valence electrons. The second-order valence-electron chi connectivity index (χ2n) is 8.02. The molecule has 0 fully saturated rings. The molecule has 0 radical (unpaired) electrons. The van der Waals surface area contributed by atoms with Crippen molar-refractivity contribution in [1.82, 2.24) is 5.32 Å². The van der Waals surface area contributed by atoms with E-state index in [-0.39, 0.29) is 17.6 Å². The van der Waals surface area contributed by atoms with Gasteiger partial charge in [0, 0.05) is 13.0 Å². The molecular weight excluding hydrogens is 362 g/mol. The van der Waals surface area contributed by atoms with Gasteiger partial charge in [-0.2, -0.15) is 0 Å². The molecule has 27 heavy (non-hydrogen) atoms. The molecule has 0 aliphatic rings. The Balaban J connectivity index is 2.47. The first-order valence-electron chi connectivity index (χ1n) is 9.19. The summed E-state index contributed by atoms with van der Waals surface area (Å²) < 4.78 is 16.3. The van der Waals surface area contributed by atoms with Crippen molar-refractivity contribution in [3.63, 3.8) is 0 Å². The largest absolute Gasteiger partial charge is 0.467 e. The number of ether oxygens (including phenoxy) is 2. The van der Waals surface area contributed by atoms with Crippen LogP contribution in [0.2, 0.25) is 18.1 Å². The minimum absolute atomic E-state index is 0.0856. The second-order valence-corrected chi connectivity index (χ2v) is 12.8. The average molecular weight is 396 g/mol. The lowest BCUT2D eigenvalue weighted by Crippen LogP contribution is -2.46. The molecule has 7 heteroatoms. The lowest BCUT2D eigenvalue weighted by atomic mass is 10.2. The average Bonchev–Trinajstić information content (AvgIpc) is 2.60. The quantitative estimate of drug-likeness (QED) is 0.486. The van der Waals surface area contributed by atoms with Crippen molar-refractivity contribution in [1.29, 1.82) is 0 Å². The Morgan fingerprint density at radius 3 is 2.33 bits per heavy atom. The summed E-state index contributed by atoms with van der Waals surface area (Å²) in [6, 6.07) is 8.85. The summed E-state index contributed by atoms with van der Waals surface area (Å²) in [5.41, 5.74) is 0.984. The molecule has 1 N–H and O–H groups in total. The molecule has 0 unspecified atom stereocenters. The van der Waals surface area contributed by atoms with Crippen molar-refractivity contribution in [3.05, 3.63) is 35.9 Å². The van der Waals surface area contributed by atoms with Crippen molar-refractivity contribution < 1.29 is 23.5 Å². The van der Waals surface area contributed by atoms with E-state index in [1.165, 1.54) is 7.11 Å². The van der Waals surface area contributed by atoms with Gasteiger partial charge >= 0.3 is 5.97 Å². The fourth-order valence-electron chi connectivity index (χ4n) is 2.11. The molecule has 1 atom stereocenters. The molecule has 0 spiro atoms. The Hall–Kier alpha value is -1.70. The number of hydrogen-bond donors (Lipinski definition) is 1. The lowest BCUT2D eigenvalue weighted by molar-refractivity contribution is -0.146. The summed E-state index contributed by atoms with van der Waals surface area (Å²) in [5, 5.41) is 2.76. The molecule has 1 aromatic rings. The Bertz CT molecular complexity index is 598. The molecule has 0 saturated carbocycles. The van der Waals surface area contributed by atoms with Gasteiger partial charge in [0.15, 0.2) is 8.32 Å². The van der Waals surface area contributed by atoms with Crippen molar-refractivity contribution in [2.24, 2.45) is 0 Å². The van der Waals surface area contributed by atoms with E-state index < -0.39 is 20.3 Å². The molecule has 0 aliphatic heterocycles. The first kappa shape index (κ1) is 23.3. The Labute approximate surface area is 163 Å². The number of methoxy groups -OCH3 is 1. The van der Waals surface area contributed by atoms with Gasteiger partial charge < -0.3 is 19.2 Å². The van der Waals surface area contributed by atoms with E-state index in [0.717, 1.165) is 5.56 Å². The Morgan fingerprint density at radius 1 is 1.15 bits per heavy atom. The maximum absolute atomic E-state index is 12.1. The lowest BCUT2D eigenvalue weighted by Gasteiger charge is -2.36. The van der Waals surface area contributed by atoms with Crippen molar-refractivity contribution in [3.8, 4) is 0 Å². The fourth-order valence-corrected chi connectivity index (χ4v) is 3.17. The van der Waals surface area contributed by atoms with E-state index in [0.29, 0.717) is 19.6 Å². The van der Waals surface area contributed by atoms with E-state index in [2.05, 4.69) is 39.2 Å². The summed E-state index contributed by atoms with van der Waals surface area (Å²) >= 11 is 0. The molecule has 1 amide bonds. The third-order valence-corrected chi connectivity index (χ3v) is 9.38. The normalized spacial score (nSPS) is 13.1. The minimum Gasteiger partial charge on any atom is -0.467 e. The third kappa shape index (κ3) is 8.24. The van der Waals surface area contributed by atoms with Crippen LogP contribution in [0.15, 0.2) is 30.3 Å². The van der Waals surface area contributed by atoms with Crippen LogP contribution in [-0.2, 0) is 30.1 Å². The number of rotatable bonds is 10. The summed E-state index contributed by atoms with van der Waals surface area (Å²) in [6.07, 6.45) is 0.365. The van der Waals surface area contributed by atoms with E-state index in [1.807, 2.05) is 30.3 Å². The van der Waals surface area contributed by atoms with Crippen LogP contribution < -0.4 is 5.32 Å². The minimum atomic E-state index is -1.90. The molecule has 0 heterocycles. The predicted molar refractivity (Wildman–Crippen MR) is 108 cm³/mol. The standard InChI is InChI=1S/C20H33NO5Si/c1-20(2,3)27(5,6)26-13-12-17(19(23)24-4)21-18(22)15-25-14-16-10-8-7-9-11-16/h7-11,17H,12-15H2,1-6H3,(H,21,22)/t17-/m0/s1. The monoisotopic (exact) mass is 395 g/mol. The maximum Gasteiger partial charge on any atom is 0.328 e. The molecular formula is C20H33NO5Si. The molecule has 1 aromatic carbocycles. The van der Waals surface area contributed by atoms with Crippen LogP contribution in [0.5, 0.6) is 0 Å². The number of esters is 1. The first-order valence-corrected chi connectivity index (χ1v) is 12.1. The molecule has 0 aliphatic carbocycles. The van der Waals surface area contributed by atoms with Crippen LogP contribution >= 0.6 is 0 Å². The number of benzene rings is 1. The number of amides is 1. The molecule has 1 rings (SSSR count). The highest BCUT2D eigenvalue weighted by molar-refractivity contribution is 6.74. The van der Waals surface area contributed by atoms with E-state index in [9.17, 15) is 9.59 Å². The van der Waals surface area contributed by atoms with Crippen LogP contribution in [0.25, 0.3) is 0 Å². The van der Waals surface area contributed by atoms with Gasteiger partial charge in [0.05, 0.1) is 13.7 Å². The summed E-state index contributed by atoms with van der Waals surface area (Å²) in [5.74, 6) is -0.834. The topological polar surface area (TPSA) is 73.9 Å². The fraction of sp³-hybridized carbons (Fsp3) is 0.600. The zero-order valence-corrected chi connectivity index (χ0v) is 18.3. The molecule has 0 bridgehead atoms. The number of carbonyl (C=O) groups excluding carboxylic acids is 2. The van der Waals surface area contributed by atoms with E-state index >= 15 is 0 Å². The van der Waals surface area contributed by atoms with Crippen molar-refractivity contribution in [2.45, 2.75) is 58.0 Å². The number of carbonyl (C=O) groups is 2. The van der Waals surface area contributed by atoms with Gasteiger partial charge in [0.25, 0.3) is 0 Å². The third-order valence-electron chi connectivity index (χ3n) is 4.84. The van der Waals surface area contributed by atoms with Crippen molar-refractivity contribution in [2.75, 3.05) is 20.3 Å². The van der Waals surface area contributed by atoms with Gasteiger partial charge in [-0.25, -0.2) is 4.79 Å². The van der Waals surface area contributed by atoms with Gasteiger partial charge in [-0.3, -0.25) is 4.79 Å². The van der Waals surface area contributed by atoms with Gasteiger partial charge in [-0.15, -0.1) is 0 Å². The van der Waals surface area contributed by atoms with E-state index in [4.69, 9.17) is 13.9 Å². The van der Waals surface area contributed by atoms with Crippen LogP contribution in [-0.4, -0.2) is 46.6 Å². The van der Waals surface area contributed by atoms with E-state index in [1.54, 1.807) is 0 Å². The highest BCUT2D eigenvalue weighted by Crippen LogP contribution is 2.36. The smallest absolute Gasteiger partial charge is 0.328 e. The Kier molecular flexibility index (Phi) is 9.15. The SMILES string of the molecule is COC(=O)[C@H](CCO[Si](C)(C)C(C)(C)C)NC(=O)COCc1ccccc1. The number of nitrogens with one attached hydrogen (secondary N) is 1. The second kappa shape index (κ2) is 10.6. The summed E-state index contributed by atoms with van der Waals surface area (Å²) in [4.78, 5) is 24.1. The Morgan fingerprint density at radius 2 is 1.78 bits per heavy atom. The molecule has 0 aromatic heterocycles. The highest BCUT2D eigenvalue weighted by atomic mass is 28.4. The van der Waals surface area contributed by atoms with Crippen molar-refractivity contribution >= 4 is 20.2 Å². The zero-order chi connectivity index (χ0) is 20.5. The maximum atomic E-state index is 12.1. The van der Waals surface area contributed by atoms with Gasteiger partial charge in [-0.05, 0) is 23.7 Å². The van der Waals surface area contributed by atoms with Gasteiger partial charge in [-0.1, -0.05) is 51.1 Å². The van der Waals surface area contributed by atoms with Gasteiger partial charge in [0.2, 0.25) is 5.91 Å². The van der Waals surface area contributed by atoms with Crippen LogP contribution in [0.3, 0.4) is 0 Å². The van der Waals surface area contributed by atoms with Crippen LogP contribution in [0.1, 0.15) is 32.8 Å². The molecule has 0 saturated heterocycles. The number of hydrogen-bond acceptors (Lipinski definition) is 5.